The first kappa shape index (κ1) is 14.3. The predicted molar refractivity (Wildman–Crippen MR) is 75.2 cm³/mol. The minimum absolute atomic E-state index is 0.0697. The van der Waals surface area contributed by atoms with Crippen molar-refractivity contribution in [2.45, 2.75) is 6.54 Å². The van der Waals surface area contributed by atoms with Crippen molar-refractivity contribution in [2.75, 3.05) is 5.32 Å². The maximum Gasteiger partial charge on any atom is 0.318 e. The van der Waals surface area contributed by atoms with E-state index in [1.54, 1.807) is 18.2 Å². The van der Waals surface area contributed by atoms with Crippen LogP contribution in [0.4, 0.5) is 22.9 Å². The Bertz CT molecular complexity index is 704. The van der Waals surface area contributed by atoms with Gasteiger partial charge < -0.3 is 11.1 Å². The fraction of sp³-hybridized carbons (Fsp3) is 0.0833. The molecule has 1 heterocycles. The standard InChI is InChI=1S/C12H11N5O4/c13-6-8-2-1-3-9(4-8)15-12-11(17(20)21)5-10(7-14-12)16(18)19/h1-5,7H,6,13H2,(H,14,15). The van der Waals surface area contributed by atoms with Crippen LogP contribution in [0.1, 0.15) is 5.56 Å². The quantitative estimate of drug-likeness (QED) is 0.634. The molecule has 0 saturated heterocycles. The Balaban J connectivity index is 2.38. The van der Waals surface area contributed by atoms with E-state index >= 15 is 0 Å². The maximum absolute atomic E-state index is 11.0. The molecule has 0 bridgehead atoms. The fourth-order valence-corrected chi connectivity index (χ4v) is 1.69. The van der Waals surface area contributed by atoms with Crippen molar-refractivity contribution in [3.8, 4) is 0 Å². The van der Waals surface area contributed by atoms with Gasteiger partial charge >= 0.3 is 5.69 Å². The number of hydrogen-bond donors (Lipinski definition) is 2. The Hall–Kier alpha value is -3.07. The zero-order chi connectivity index (χ0) is 15.4. The second-order valence-corrected chi connectivity index (χ2v) is 4.10. The smallest absolute Gasteiger partial charge is 0.318 e. The first-order valence-electron chi connectivity index (χ1n) is 5.86. The summed E-state index contributed by atoms with van der Waals surface area (Å²) in [7, 11) is 0. The minimum Gasteiger partial charge on any atom is -0.334 e. The lowest BCUT2D eigenvalue weighted by atomic mass is 10.2. The summed E-state index contributed by atoms with van der Waals surface area (Å²) >= 11 is 0. The molecule has 9 heteroatoms. The van der Waals surface area contributed by atoms with Crippen molar-refractivity contribution in [1.82, 2.24) is 4.98 Å². The SMILES string of the molecule is NCc1cccc(Nc2ncc([N+](=O)[O-])cc2[N+](=O)[O-])c1. The number of aromatic nitrogens is 1. The molecule has 0 aliphatic rings. The summed E-state index contributed by atoms with van der Waals surface area (Å²) in [5.41, 5.74) is 6.00. The number of nitrogens with zero attached hydrogens (tertiary/aromatic N) is 3. The average Bonchev–Trinajstić information content (AvgIpc) is 2.47. The van der Waals surface area contributed by atoms with E-state index in [2.05, 4.69) is 10.3 Å². The number of rotatable bonds is 5. The Kier molecular flexibility index (Phi) is 4.05. The summed E-state index contributed by atoms with van der Waals surface area (Å²) in [6, 6.07) is 7.81. The van der Waals surface area contributed by atoms with E-state index in [9.17, 15) is 20.2 Å². The monoisotopic (exact) mass is 289 g/mol. The van der Waals surface area contributed by atoms with Crippen LogP contribution in [0.25, 0.3) is 0 Å². The van der Waals surface area contributed by atoms with Crippen LogP contribution in [0.3, 0.4) is 0 Å². The van der Waals surface area contributed by atoms with Crippen LogP contribution in [0, 0.1) is 20.2 Å². The molecule has 0 aliphatic carbocycles. The van der Waals surface area contributed by atoms with Gasteiger partial charge in [0.15, 0.2) is 0 Å². The van der Waals surface area contributed by atoms with Gasteiger partial charge in [-0.25, -0.2) is 4.98 Å². The van der Waals surface area contributed by atoms with Crippen LogP contribution in [0.15, 0.2) is 36.5 Å². The molecule has 0 atom stereocenters. The van der Waals surface area contributed by atoms with Gasteiger partial charge in [0.05, 0.1) is 15.9 Å². The topological polar surface area (TPSA) is 137 Å². The molecule has 9 nitrogen and oxygen atoms in total. The van der Waals surface area contributed by atoms with E-state index in [4.69, 9.17) is 5.73 Å². The molecule has 0 amide bonds. The summed E-state index contributed by atoms with van der Waals surface area (Å²) in [5, 5.41) is 24.4. The Morgan fingerprint density at radius 3 is 2.57 bits per heavy atom. The van der Waals surface area contributed by atoms with Gasteiger partial charge in [-0.2, -0.15) is 0 Å². The highest BCUT2D eigenvalue weighted by molar-refractivity contribution is 5.67. The first-order valence-corrected chi connectivity index (χ1v) is 5.86. The van der Waals surface area contributed by atoms with E-state index in [-0.39, 0.29) is 5.82 Å². The van der Waals surface area contributed by atoms with Gasteiger partial charge in [-0.05, 0) is 17.7 Å². The number of benzene rings is 1. The van der Waals surface area contributed by atoms with Crippen LogP contribution in [-0.4, -0.2) is 14.8 Å². The number of nitrogens with two attached hydrogens (primary N) is 1. The number of nitrogens with one attached hydrogen (secondary N) is 1. The summed E-state index contributed by atoms with van der Waals surface area (Å²) in [6.45, 7) is 0.325. The van der Waals surface area contributed by atoms with Gasteiger partial charge in [0.25, 0.3) is 5.69 Å². The van der Waals surface area contributed by atoms with E-state index < -0.39 is 21.2 Å². The molecule has 0 radical (unpaired) electrons. The van der Waals surface area contributed by atoms with Gasteiger partial charge in [-0.15, -0.1) is 0 Å². The van der Waals surface area contributed by atoms with Crippen LogP contribution < -0.4 is 11.1 Å². The Morgan fingerprint density at radius 1 is 1.19 bits per heavy atom. The van der Waals surface area contributed by atoms with Crippen molar-refractivity contribution in [2.24, 2.45) is 5.73 Å². The number of nitro groups is 2. The number of pyridine rings is 1. The van der Waals surface area contributed by atoms with Crippen LogP contribution in [-0.2, 0) is 6.54 Å². The largest absolute Gasteiger partial charge is 0.334 e. The molecule has 108 valence electrons. The predicted octanol–water partition coefficient (Wildman–Crippen LogP) is 2.10. The van der Waals surface area contributed by atoms with E-state index in [1.165, 1.54) is 0 Å². The second kappa shape index (κ2) is 5.92. The highest BCUT2D eigenvalue weighted by Gasteiger charge is 2.21. The molecule has 0 spiro atoms. The van der Waals surface area contributed by atoms with E-state index in [0.29, 0.717) is 12.2 Å². The summed E-state index contributed by atoms with van der Waals surface area (Å²) < 4.78 is 0. The Morgan fingerprint density at radius 2 is 1.95 bits per heavy atom. The molecule has 1 aromatic heterocycles. The molecule has 0 unspecified atom stereocenters. The summed E-state index contributed by atoms with van der Waals surface area (Å²) in [6.07, 6.45) is 0.960. The van der Waals surface area contributed by atoms with E-state index in [0.717, 1.165) is 17.8 Å². The van der Waals surface area contributed by atoms with Gasteiger partial charge in [0.1, 0.15) is 6.20 Å². The molecule has 2 rings (SSSR count). The highest BCUT2D eigenvalue weighted by Crippen LogP contribution is 2.28. The zero-order valence-corrected chi connectivity index (χ0v) is 10.7. The lowest BCUT2D eigenvalue weighted by Crippen LogP contribution is -2.02. The third kappa shape index (κ3) is 3.28. The number of anilines is 2. The van der Waals surface area contributed by atoms with Crippen LogP contribution in [0.2, 0.25) is 0 Å². The van der Waals surface area contributed by atoms with Crippen molar-refractivity contribution in [3.63, 3.8) is 0 Å². The van der Waals surface area contributed by atoms with Crippen molar-refractivity contribution in [3.05, 3.63) is 62.3 Å². The third-order valence-corrected chi connectivity index (χ3v) is 2.69. The lowest BCUT2D eigenvalue weighted by Gasteiger charge is -2.07. The van der Waals surface area contributed by atoms with Crippen molar-refractivity contribution in [1.29, 1.82) is 0 Å². The first-order chi connectivity index (χ1) is 10.0. The van der Waals surface area contributed by atoms with Gasteiger partial charge in [0, 0.05) is 12.2 Å². The Labute approximate surface area is 118 Å². The molecule has 0 saturated carbocycles. The van der Waals surface area contributed by atoms with Gasteiger partial charge in [-0.1, -0.05) is 12.1 Å². The van der Waals surface area contributed by atoms with E-state index in [1.807, 2.05) is 6.07 Å². The van der Waals surface area contributed by atoms with Crippen molar-refractivity contribution < 1.29 is 9.85 Å². The fourth-order valence-electron chi connectivity index (χ4n) is 1.69. The molecule has 0 aliphatic heterocycles. The molecule has 1 aromatic carbocycles. The average molecular weight is 289 g/mol. The minimum atomic E-state index is -0.737. The molecule has 0 fully saturated rings. The van der Waals surface area contributed by atoms with Gasteiger partial charge in [0.2, 0.25) is 5.82 Å². The molecular formula is C12H11N5O4. The lowest BCUT2D eigenvalue weighted by molar-refractivity contribution is -0.394. The summed E-state index contributed by atoms with van der Waals surface area (Å²) in [4.78, 5) is 23.9. The molecule has 21 heavy (non-hydrogen) atoms. The molecular weight excluding hydrogens is 278 g/mol. The number of hydrogen-bond acceptors (Lipinski definition) is 7. The van der Waals surface area contributed by atoms with Gasteiger partial charge in [-0.3, -0.25) is 20.2 Å². The highest BCUT2D eigenvalue weighted by atomic mass is 16.6. The summed E-state index contributed by atoms with van der Waals surface area (Å²) in [5.74, 6) is -0.0697. The second-order valence-electron chi connectivity index (χ2n) is 4.10. The van der Waals surface area contributed by atoms with Crippen LogP contribution >= 0.6 is 0 Å². The van der Waals surface area contributed by atoms with Crippen molar-refractivity contribution >= 4 is 22.9 Å². The normalized spacial score (nSPS) is 10.1. The maximum atomic E-state index is 11.0. The molecule has 2 aromatic rings. The molecule has 3 N–H and O–H groups in total. The third-order valence-electron chi connectivity index (χ3n) is 2.69. The van der Waals surface area contributed by atoms with Crippen LogP contribution in [0.5, 0.6) is 0 Å². The zero-order valence-electron chi connectivity index (χ0n) is 10.7.